The third-order valence-electron chi connectivity index (χ3n) is 6.37. The maximum atomic E-state index is 13.4. The van der Waals surface area contributed by atoms with Crippen molar-refractivity contribution in [3.8, 4) is 22.4 Å². The van der Waals surface area contributed by atoms with Crippen molar-refractivity contribution < 1.29 is 4.79 Å². The van der Waals surface area contributed by atoms with Gasteiger partial charge in [0.2, 0.25) is 5.82 Å². The summed E-state index contributed by atoms with van der Waals surface area (Å²) in [4.78, 5) is 24.4. The zero-order valence-corrected chi connectivity index (χ0v) is 21.1. The molecule has 176 valence electrons. The van der Waals surface area contributed by atoms with Crippen LogP contribution in [0.1, 0.15) is 34.9 Å². The Morgan fingerprint density at radius 2 is 1.51 bits per heavy atom. The molecule has 4 aromatic rings. The molecule has 4 nitrogen and oxygen atoms in total. The summed E-state index contributed by atoms with van der Waals surface area (Å²) >= 11 is 18.8. The molecule has 0 unspecified atom stereocenters. The Balaban J connectivity index is 1.46. The van der Waals surface area contributed by atoms with Crippen molar-refractivity contribution >= 4 is 40.7 Å². The van der Waals surface area contributed by atoms with E-state index in [1.807, 2.05) is 29.2 Å². The lowest BCUT2D eigenvalue weighted by Crippen LogP contribution is -2.38. The fourth-order valence-electron chi connectivity index (χ4n) is 4.49. The monoisotopic (exact) mass is 521 g/mol. The van der Waals surface area contributed by atoms with Gasteiger partial charge in [-0.2, -0.15) is 0 Å². The van der Waals surface area contributed by atoms with Gasteiger partial charge in [0.05, 0.1) is 10.7 Å². The quantitative estimate of drug-likeness (QED) is 0.275. The van der Waals surface area contributed by atoms with Crippen LogP contribution in [-0.4, -0.2) is 33.9 Å². The number of hydrogen-bond acceptors (Lipinski definition) is 3. The van der Waals surface area contributed by atoms with Crippen LogP contribution in [0.5, 0.6) is 0 Å². The van der Waals surface area contributed by atoms with Crippen LogP contribution in [0.25, 0.3) is 22.4 Å². The van der Waals surface area contributed by atoms with E-state index in [1.54, 1.807) is 30.5 Å². The smallest absolute Gasteiger partial charge is 0.291 e. The highest BCUT2D eigenvalue weighted by atomic mass is 35.5. The molecular formula is C28H22Cl3N3O. The number of carbonyl (C=O) groups is 1. The Labute approximate surface area is 219 Å². The zero-order chi connectivity index (χ0) is 24.4. The molecular weight excluding hydrogens is 501 g/mol. The highest BCUT2D eigenvalue weighted by molar-refractivity contribution is 6.36. The van der Waals surface area contributed by atoms with Gasteiger partial charge in [0, 0.05) is 40.5 Å². The van der Waals surface area contributed by atoms with Gasteiger partial charge in [0.25, 0.3) is 5.91 Å². The average Bonchev–Trinajstić information content (AvgIpc) is 2.89. The summed E-state index contributed by atoms with van der Waals surface area (Å²) < 4.78 is 0. The Morgan fingerprint density at radius 3 is 2.20 bits per heavy atom. The highest BCUT2D eigenvalue weighted by Gasteiger charge is 2.27. The van der Waals surface area contributed by atoms with Crippen LogP contribution < -0.4 is 0 Å². The minimum Gasteiger partial charge on any atom is -0.336 e. The lowest BCUT2D eigenvalue weighted by Gasteiger charge is -2.32. The zero-order valence-electron chi connectivity index (χ0n) is 18.8. The molecule has 2 heterocycles. The van der Waals surface area contributed by atoms with Crippen LogP contribution in [0.15, 0.2) is 79.0 Å². The van der Waals surface area contributed by atoms with E-state index >= 15 is 0 Å². The topological polar surface area (TPSA) is 46.1 Å². The number of aromatic nitrogens is 2. The van der Waals surface area contributed by atoms with Crippen molar-refractivity contribution in [3.05, 3.63) is 105 Å². The van der Waals surface area contributed by atoms with Gasteiger partial charge in [0.15, 0.2) is 0 Å². The molecule has 5 rings (SSSR count). The summed E-state index contributed by atoms with van der Waals surface area (Å²) in [6.45, 7) is 1.33. The molecule has 0 radical (unpaired) electrons. The first kappa shape index (κ1) is 23.8. The predicted octanol–water partition coefficient (Wildman–Crippen LogP) is 7.79. The first-order valence-corrected chi connectivity index (χ1v) is 12.6. The summed E-state index contributed by atoms with van der Waals surface area (Å²) in [7, 11) is 0. The normalized spacial score (nSPS) is 14.2. The Morgan fingerprint density at radius 1 is 0.829 bits per heavy atom. The predicted molar refractivity (Wildman–Crippen MR) is 142 cm³/mol. The molecule has 7 heteroatoms. The van der Waals surface area contributed by atoms with Gasteiger partial charge in [-0.25, -0.2) is 9.97 Å². The summed E-state index contributed by atoms with van der Waals surface area (Å²) in [5, 5.41) is 1.61. The van der Waals surface area contributed by atoms with Gasteiger partial charge in [-0.3, -0.25) is 4.79 Å². The summed E-state index contributed by atoms with van der Waals surface area (Å²) in [6.07, 6.45) is 3.50. The number of likely N-dealkylation sites (tertiary alicyclic amines) is 1. The van der Waals surface area contributed by atoms with Crippen molar-refractivity contribution in [1.29, 1.82) is 0 Å². The molecule has 1 aliphatic heterocycles. The molecule has 1 aromatic heterocycles. The second kappa shape index (κ2) is 10.4. The fraction of sp³-hybridized carbons (Fsp3) is 0.179. The molecule has 0 bridgehead atoms. The van der Waals surface area contributed by atoms with Crippen LogP contribution in [0, 0.1) is 0 Å². The lowest BCUT2D eigenvalue weighted by molar-refractivity contribution is 0.0700. The average molecular weight is 523 g/mol. The number of halogens is 3. The third-order valence-corrected chi connectivity index (χ3v) is 7.17. The van der Waals surface area contributed by atoms with E-state index in [4.69, 9.17) is 39.8 Å². The van der Waals surface area contributed by atoms with E-state index in [0.29, 0.717) is 45.3 Å². The summed E-state index contributed by atoms with van der Waals surface area (Å²) in [6, 6.07) is 23.1. The molecule has 35 heavy (non-hydrogen) atoms. The maximum absolute atomic E-state index is 13.4. The SMILES string of the molecule is O=C(c1ncc(-c2ccc(Cl)cc2)c(-c2ccc(Cl)cc2Cl)n1)N1CCC(c2ccccc2)CC1. The molecule has 1 fully saturated rings. The van der Waals surface area contributed by atoms with Crippen LogP contribution in [0.3, 0.4) is 0 Å². The molecule has 1 saturated heterocycles. The molecule has 1 aliphatic rings. The summed E-state index contributed by atoms with van der Waals surface area (Å²) in [5.74, 6) is 0.435. The van der Waals surface area contributed by atoms with Gasteiger partial charge >= 0.3 is 0 Å². The van der Waals surface area contributed by atoms with Gasteiger partial charge in [-0.05, 0) is 60.2 Å². The first-order chi connectivity index (χ1) is 17.0. The van der Waals surface area contributed by atoms with E-state index in [-0.39, 0.29) is 11.7 Å². The first-order valence-electron chi connectivity index (χ1n) is 11.4. The molecule has 0 atom stereocenters. The van der Waals surface area contributed by atoms with E-state index < -0.39 is 0 Å². The maximum Gasteiger partial charge on any atom is 0.291 e. The third kappa shape index (κ3) is 5.20. The molecule has 0 spiro atoms. The Hall–Kier alpha value is -2.92. The second-order valence-electron chi connectivity index (χ2n) is 8.56. The van der Waals surface area contributed by atoms with Crippen LogP contribution >= 0.6 is 34.8 Å². The van der Waals surface area contributed by atoms with Gasteiger partial charge in [-0.1, -0.05) is 77.3 Å². The van der Waals surface area contributed by atoms with E-state index in [2.05, 4.69) is 29.2 Å². The second-order valence-corrected chi connectivity index (χ2v) is 9.84. The minimum atomic E-state index is -0.175. The van der Waals surface area contributed by atoms with Crippen LogP contribution in [0.4, 0.5) is 0 Å². The fourth-order valence-corrected chi connectivity index (χ4v) is 5.12. The highest BCUT2D eigenvalue weighted by Crippen LogP contribution is 2.36. The Bertz CT molecular complexity index is 1350. The Kier molecular flexibility index (Phi) is 7.05. The minimum absolute atomic E-state index is 0.155. The van der Waals surface area contributed by atoms with Gasteiger partial charge in [0.1, 0.15) is 0 Å². The van der Waals surface area contributed by atoms with E-state index in [0.717, 1.165) is 24.0 Å². The number of carbonyl (C=O) groups excluding carboxylic acids is 1. The van der Waals surface area contributed by atoms with Crippen molar-refractivity contribution in [2.45, 2.75) is 18.8 Å². The van der Waals surface area contributed by atoms with E-state index in [9.17, 15) is 4.79 Å². The number of rotatable bonds is 4. The van der Waals surface area contributed by atoms with Crippen LogP contribution in [-0.2, 0) is 0 Å². The molecule has 3 aromatic carbocycles. The number of benzene rings is 3. The van der Waals surface area contributed by atoms with Crippen molar-refractivity contribution in [1.82, 2.24) is 14.9 Å². The largest absolute Gasteiger partial charge is 0.336 e. The van der Waals surface area contributed by atoms with Crippen LogP contribution in [0.2, 0.25) is 15.1 Å². The summed E-state index contributed by atoms with van der Waals surface area (Å²) in [5.41, 5.74) is 4.21. The standard InChI is InChI=1S/C28H22Cl3N3O/c29-21-8-6-20(7-9-21)24-17-32-27(33-26(24)23-11-10-22(30)16-25(23)31)28(35)34-14-12-19(13-15-34)18-4-2-1-3-5-18/h1-11,16-17,19H,12-15H2. The molecule has 0 N–H and O–H groups in total. The molecule has 0 saturated carbocycles. The number of amides is 1. The molecule has 1 amide bonds. The van der Waals surface area contributed by atoms with E-state index in [1.165, 1.54) is 5.56 Å². The number of piperidine rings is 1. The molecule has 0 aliphatic carbocycles. The van der Waals surface area contributed by atoms with Crippen molar-refractivity contribution in [2.24, 2.45) is 0 Å². The number of nitrogens with zero attached hydrogens (tertiary/aromatic N) is 3. The van der Waals surface area contributed by atoms with Crippen molar-refractivity contribution in [2.75, 3.05) is 13.1 Å². The van der Waals surface area contributed by atoms with Gasteiger partial charge < -0.3 is 4.90 Å². The lowest BCUT2D eigenvalue weighted by atomic mass is 9.89. The number of hydrogen-bond donors (Lipinski definition) is 0. The van der Waals surface area contributed by atoms with Gasteiger partial charge in [-0.15, -0.1) is 0 Å². The van der Waals surface area contributed by atoms with Crippen molar-refractivity contribution in [3.63, 3.8) is 0 Å².